The zero-order valence-electron chi connectivity index (χ0n) is 14.9. The summed E-state index contributed by atoms with van der Waals surface area (Å²) in [5.74, 6) is 0.469. The number of aromatic hydroxyl groups is 1. The van der Waals surface area contributed by atoms with Crippen LogP contribution in [-0.2, 0) is 0 Å². The molecule has 134 valence electrons. The van der Waals surface area contributed by atoms with Crippen molar-refractivity contribution >= 4 is 33.0 Å². The second-order valence-electron chi connectivity index (χ2n) is 6.54. The Morgan fingerprint density at radius 2 is 2.00 bits per heavy atom. The van der Waals surface area contributed by atoms with Gasteiger partial charge in [0.15, 0.2) is 5.43 Å². The molecule has 0 radical (unpaired) electrons. The first-order chi connectivity index (χ1) is 12.5. The Hall–Kier alpha value is -3.06. The summed E-state index contributed by atoms with van der Waals surface area (Å²) in [4.78, 5) is 19.0. The topological polar surface area (TPSA) is 79.1 Å². The number of anilines is 1. The van der Waals surface area contributed by atoms with Gasteiger partial charge in [0.25, 0.3) is 0 Å². The second kappa shape index (κ2) is 6.03. The molecule has 0 saturated heterocycles. The van der Waals surface area contributed by atoms with Crippen LogP contribution in [0.2, 0.25) is 0 Å². The summed E-state index contributed by atoms with van der Waals surface area (Å²) in [5.41, 5.74) is 2.54. The number of likely N-dealkylation sites (N-methyl/N-ethyl adjacent to an activating group) is 1. The van der Waals surface area contributed by atoms with Gasteiger partial charge in [0, 0.05) is 18.8 Å². The lowest BCUT2D eigenvalue weighted by Gasteiger charge is -2.16. The smallest absolute Gasteiger partial charge is 0.191 e. The van der Waals surface area contributed by atoms with E-state index in [1.54, 1.807) is 19.5 Å². The van der Waals surface area contributed by atoms with E-state index in [9.17, 15) is 9.90 Å². The summed E-state index contributed by atoms with van der Waals surface area (Å²) in [6, 6.07) is 6.81. The Labute approximate surface area is 149 Å². The van der Waals surface area contributed by atoms with Gasteiger partial charge in [-0.05, 0) is 38.4 Å². The van der Waals surface area contributed by atoms with Gasteiger partial charge in [-0.2, -0.15) is 0 Å². The van der Waals surface area contributed by atoms with E-state index in [1.165, 1.54) is 6.07 Å². The van der Waals surface area contributed by atoms with Crippen molar-refractivity contribution in [1.29, 1.82) is 0 Å². The van der Waals surface area contributed by atoms with Gasteiger partial charge >= 0.3 is 0 Å². The third kappa shape index (κ3) is 2.32. The molecule has 2 aromatic carbocycles. The summed E-state index contributed by atoms with van der Waals surface area (Å²) in [6.45, 7) is 1.55. The quantitative estimate of drug-likeness (QED) is 0.536. The van der Waals surface area contributed by atoms with E-state index in [4.69, 9.17) is 4.74 Å². The molecule has 0 bridgehead atoms. The van der Waals surface area contributed by atoms with Gasteiger partial charge in [-0.15, -0.1) is 0 Å². The summed E-state index contributed by atoms with van der Waals surface area (Å²) >= 11 is 0. The van der Waals surface area contributed by atoms with Crippen LogP contribution in [0.1, 0.15) is 0 Å². The van der Waals surface area contributed by atoms with E-state index < -0.39 is 0 Å². The number of methoxy groups -OCH3 is 1. The third-order valence-electron chi connectivity index (χ3n) is 4.62. The minimum Gasteiger partial charge on any atom is -0.506 e. The van der Waals surface area contributed by atoms with Gasteiger partial charge in [0.05, 0.1) is 28.9 Å². The van der Waals surface area contributed by atoms with Crippen molar-refractivity contribution in [3.63, 3.8) is 0 Å². The highest BCUT2D eigenvalue weighted by atomic mass is 16.5. The fraction of sp³-hybridized carbons (Fsp3) is 0.263. The highest BCUT2D eigenvalue weighted by Gasteiger charge is 2.21. The molecular formula is C19H20N4O3. The van der Waals surface area contributed by atoms with E-state index in [0.29, 0.717) is 23.2 Å². The van der Waals surface area contributed by atoms with Crippen molar-refractivity contribution in [3.8, 4) is 11.5 Å². The maximum atomic E-state index is 12.5. The van der Waals surface area contributed by atoms with Crippen molar-refractivity contribution in [1.82, 2.24) is 14.3 Å². The van der Waals surface area contributed by atoms with E-state index in [-0.39, 0.29) is 16.6 Å². The summed E-state index contributed by atoms with van der Waals surface area (Å²) < 4.78 is 7.24. The molecule has 0 atom stereocenters. The van der Waals surface area contributed by atoms with Gasteiger partial charge in [0.2, 0.25) is 0 Å². The molecule has 0 spiro atoms. The first kappa shape index (κ1) is 16.4. The number of fused-ring (bicyclic) bond motifs is 2. The van der Waals surface area contributed by atoms with Crippen molar-refractivity contribution in [3.05, 3.63) is 40.8 Å². The van der Waals surface area contributed by atoms with Gasteiger partial charge < -0.3 is 20.1 Å². The molecule has 4 aromatic rings. The molecule has 0 unspecified atom stereocenters. The average Bonchev–Trinajstić information content (AvgIpc) is 3.04. The van der Waals surface area contributed by atoms with E-state index >= 15 is 0 Å². The second-order valence-corrected chi connectivity index (χ2v) is 6.54. The van der Waals surface area contributed by atoms with Gasteiger partial charge in [-0.25, -0.2) is 4.98 Å². The number of hydrogen-bond donors (Lipinski definition) is 2. The van der Waals surface area contributed by atoms with Crippen LogP contribution < -0.4 is 15.5 Å². The normalized spacial score (nSPS) is 11.8. The lowest BCUT2D eigenvalue weighted by atomic mass is 10.1. The minimum absolute atomic E-state index is 0.0464. The molecule has 2 aromatic heterocycles. The van der Waals surface area contributed by atoms with Crippen LogP contribution in [0.15, 0.2) is 35.4 Å². The van der Waals surface area contributed by atoms with Crippen LogP contribution in [0.25, 0.3) is 27.3 Å². The highest BCUT2D eigenvalue weighted by Crippen LogP contribution is 2.41. The lowest BCUT2D eigenvalue weighted by Crippen LogP contribution is -2.20. The molecule has 0 saturated carbocycles. The number of nitrogens with zero attached hydrogens (tertiary/aromatic N) is 3. The fourth-order valence-corrected chi connectivity index (χ4v) is 3.39. The molecular weight excluding hydrogens is 332 g/mol. The summed E-state index contributed by atoms with van der Waals surface area (Å²) in [6.07, 6.45) is 1.66. The maximum Gasteiger partial charge on any atom is 0.191 e. The van der Waals surface area contributed by atoms with Crippen LogP contribution in [0, 0.1) is 0 Å². The summed E-state index contributed by atoms with van der Waals surface area (Å²) in [7, 11) is 5.54. The third-order valence-corrected chi connectivity index (χ3v) is 4.62. The Morgan fingerprint density at radius 1 is 1.19 bits per heavy atom. The molecule has 0 amide bonds. The maximum absolute atomic E-state index is 12.5. The molecule has 26 heavy (non-hydrogen) atoms. The average molecular weight is 352 g/mol. The van der Waals surface area contributed by atoms with Crippen molar-refractivity contribution in [2.45, 2.75) is 0 Å². The lowest BCUT2D eigenvalue weighted by molar-refractivity contribution is 0.418. The minimum atomic E-state index is -0.256. The molecule has 2 N–H and O–H groups in total. The van der Waals surface area contributed by atoms with Crippen LogP contribution in [0.3, 0.4) is 0 Å². The fourth-order valence-electron chi connectivity index (χ4n) is 3.39. The number of benzene rings is 2. The number of aromatic nitrogens is 2. The van der Waals surface area contributed by atoms with Crippen molar-refractivity contribution < 1.29 is 9.84 Å². The summed E-state index contributed by atoms with van der Waals surface area (Å²) in [5, 5.41) is 15.2. The van der Waals surface area contributed by atoms with Crippen LogP contribution in [0.5, 0.6) is 11.5 Å². The zero-order chi connectivity index (χ0) is 18.4. The number of hydrogen-bond acceptors (Lipinski definition) is 6. The monoisotopic (exact) mass is 352 g/mol. The largest absolute Gasteiger partial charge is 0.506 e. The molecule has 7 heteroatoms. The standard InChI is InChI=1S/C19H20N4O3/c1-22(2)9-8-20-11-4-5-12-17-15(11)19(25)16-13(24)6-7-14(26-3)18(16)23(17)10-21-12/h4-7,10,20,25H,8-9H2,1-3H3. The van der Waals surface area contributed by atoms with E-state index in [1.807, 2.05) is 30.6 Å². The van der Waals surface area contributed by atoms with Crippen LogP contribution in [0.4, 0.5) is 5.69 Å². The van der Waals surface area contributed by atoms with Crippen molar-refractivity contribution in [2.24, 2.45) is 0 Å². The Balaban J connectivity index is 2.08. The zero-order valence-corrected chi connectivity index (χ0v) is 14.9. The molecule has 4 rings (SSSR count). The molecule has 0 aliphatic carbocycles. The van der Waals surface area contributed by atoms with E-state index in [0.717, 1.165) is 23.3 Å². The first-order valence-electron chi connectivity index (χ1n) is 8.36. The molecule has 0 aliphatic rings. The van der Waals surface area contributed by atoms with Crippen molar-refractivity contribution in [2.75, 3.05) is 39.6 Å². The molecule has 2 heterocycles. The predicted molar refractivity (Wildman–Crippen MR) is 103 cm³/mol. The number of nitrogens with one attached hydrogen (secondary N) is 1. The van der Waals surface area contributed by atoms with E-state index in [2.05, 4.69) is 15.2 Å². The highest BCUT2D eigenvalue weighted by molar-refractivity contribution is 6.13. The van der Waals surface area contributed by atoms with Gasteiger partial charge in [-0.3, -0.25) is 9.20 Å². The number of rotatable bonds is 5. The van der Waals surface area contributed by atoms with Gasteiger partial charge in [-0.1, -0.05) is 0 Å². The van der Waals surface area contributed by atoms with Gasteiger partial charge in [0.1, 0.15) is 23.3 Å². The number of pyridine rings is 1. The first-order valence-corrected chi connectivity index (χ1v) is 8.36. The SMILES string of the molecule is COc1ccc(=O)c2c(O)c3c(NCCN(C)C)ccc4ncn(c12)c43. The Bertz CT molecular complexity index is 1170. The number of imidazole rings is 1. The molecule has 0 fully saturated rings. The van der Waals surface area contributed by atoms with Crippen LogP contribution >= 0.6 is 0 Å². The molecule has 0 aliphatic heterocycles. The number of ether oxygens (including phenoxy) is 1. The van der Waals surface area contributed by atoms with Crippen LogP contribution in [-0.4, -0.2) is 53.7 Å². The predicted octanol–water partition coefficient (Wildman–Crippen LogP) is 2.13. The molecule has 7 nitrogen and oxygen atoms in total. The Kier molecular flexibility index (Phi) is 3.81. The Morgan fingerprint density at radius 3 is 2.73 bits per heavy atom.